The molecular formula is C19H21I2NO5. The van der Waals surface area contributed by atoms with Gasteiger partial charge in [0.1, 0.15) is 17.5 Å². The van der Waals surface area contributed by atoms with Gasteiger partial charge < -0.3 is 19.8 Å². The summed E-state index contributed by atoms with van der Waals surface area (Å²) in [5.41, 5.74) is 3.52. The molecule has 0 heterocycles. The van der Waals surface area contributed by atoms with Gasteiger partial charge in [0.25, 0.3) is 0 Å². The molecular weight excluding hydrogens is 576 g/mol. The lowest BCUT2D eigenvalue weighted by molar-refractivity contribution is -0.144. The minimum Gasteiger partial charge on any atom is -0.508 e. The van der Waals surface area contributed by atoms with Gasteiger partial charge in [0, 0.05) is 6.42 Å². The second-order valence-electron chi connectivity index (χ2n) is 5.90. The Morgan fingerprint density at radius 3 is 2.37 bits per heavy atom. The van der Waals surface area contributed by atoms with Crippen molar-refractivity contribution < 1.29 is 24.6 Å². The first-order valence-electron chi connectivity index (χ1n) is 8.45. The number of unbranched alkanes of at least 4 members (excludes halogenated alkanes) is 1. The van der Waals surface area contributed by atoms with Crippen LogP contribution in [0.15, 0.2) is 36.4 Å². The SMILES string of the molecule is CCCCON[C@@H](Cc1cc(I)c(Oc2ccc(O)cc2)c(I)c1)C(=O)O. The van der Waals surface area contributed by atoms with E-state index in [2.05, 4.69) is 50.7 Å². The van der Waals surface area contributed by atoms with Crippen LogP contribution in [-0.2, 0) is 16.1 Å². The molecule has 0 aliphatic rings. The number of rotatable bonds is 10. The van der Waals surface area contributed by atoms with E-state index in [0.29, 0.717) is 24.5 Å². The second kappa shape index (κ2) is 11.0. The van der Waals surface area contributed by atoms with Gasteiger partial charge in [0.2, 0.25) is 0 Å². The van der Waals surface area contributed by atoms with Crippen molar-refractivity contribution in [1.82, 2.24) is 5.48 Å². The summed E-state index contributed by atoms with van der Waals surface area (Å²) in [6.45, 7) is 2.53. The fourth-order valence-electron chi connectivity index (χ4n) is 2.25. The Kier molecular flexibility index (Phi) is 9.06. The molecule has 27 heavy (non-hydrogen) atoms. The van der Waals surface area contributed by atoms with Crippen molar-refractivity contribution in [3.8, 4) is 17.2 Å². The van der Waals surface area contributed by atoms with Gasteiger partial charge in [-0.05, 0) is 93.6 Å². The molecule has 2 aromatic carbocycles. The van der Waals surface area contributed by atoms with Crippen molar-refractivity contribution in [3.05, 3.63) is 49.1 Å². The summed E-state index contributed by atoms with van der Waals surface area (Å²) in [5, 5.41) is 18.8. The number of ether oxygens (including phenoxy) is 1. The van der Waals surface area contributed by atoms with Crippen LogP contribution in [0.4, 0.5) is 0 Å². The maximum atomic E-state index is 11.5. The Labute approximate surface area is 185 Å². The molecule has 3 N–H and O–H groups in total. The van der Waals surface area contributed by atoms with E-state index in [-0.39, 0.29) is 5.75 Å². The van der Waals surface area contributed by atoms with Crippen molar-refractivity contribution in [2.75, 3.05) is 6.61 Å². The average Bonchev–Trinajstić information content (AvgIpc) is 2.62. The summed E-state index contributed by atoms with van der Waals surface area (Å²) in [6.07, 6.45) is 2.16. The van der Waals surface area contributed by atoms with E-state index in [4.69, 9.17) is 9.57 Å². The third kappa shape index (κ3) is 7.09. The van der Waals surface area contributed by atoms with Crippen LogP contribution in [0.1, 0.15) is 25.3 Å². The molecule has 0 fully saturated rings. The van der Waals surface area contributed by atoms with Gasteiger partial charge >= 0.3 is 5.97 Å². The number of aliphatic carboxylic acids is 1. The number of nitrogens with one attached hydrogen (secondary N) is 1. The number of phenols is 1. The minimum absolute atomic E-state index is 0.176. The molecule has 0 unspecified atom stereocenters. The first kappa shape index (κ1) is 22.2. The number of hydroxylamine groups is 1. The number of benzene rings is 2. The normalized spacial score (nSPS) is 12.0. The summed E-state index contributed by atoms with van der Waals surface area (Å²) in [5.74, 6) is 0.534. The lowest BCUT2D eigenvalue weighted by atomic mass is 10.1. The zero-order valence-electron chi connectivity index (χ0n) is 14.7. The van der Waals surface area contributed by atoms with Crippen molar-refractivity contribution in [3.63, 3.8) is 0 Å². The maximum absolute atomic E-state index is 11.5. The first-order valence-corrected chi connectivity index (χ1v) is 10.6. The molecule has 0 radical (unpaired) electrons. The highest BCUT2D eigenvalue weighted by Gasteiger charge is 2.20. The molecule has 2 rings (SSSR count). The second-order valence-corrected chi connectivity index (χ2v) is 8.22. The molecule has 0 saturated heterocycles. The maximum Gasteiger partial charge on any atom is 0.323 e. The highest BCUT2D eigenvalue weighted by atomic mass is 127. The van der Waals surface area contributed by atoms with Gasteiger partial charge in [-0.1, -0.05) is 13.3 Å². The summed E-state index contributed by atoms with van der Waals surface area (Å²) >= 11 is 4.34. The molecule has 8 heteroatoms. The van der Waals surface area contributed by atoms with Crippen LogP contribution in [0.5, 0.6) is 17.2 Å². The molecule has 6 nitrogen and oxygen atoms in total. The topological polar surface area (TPSA) is 88.0 Å². The van der Waals surface area contributed by atoms with Crippen LogP contribution in [0, 0.1) is 7.14 Å². The van der Waals surface area contributed by atoms with Crippen LogP contribution in [0.2, 0.25) is 0 Å². The monoisotopic (exact) mass is 597 g/mol. The van der Waals surface area contributed by atoms with Gasteiger partial charge in [-0.2, -0.15) is 5.48 Å². The predicted octanol–water partition coefficient (Wildman–Crippen LogP) is 4.71. The van der Waals surface area contributed by atoms with Crippen LogP contribution >= 0.6 is 45.2 Å². The number of aromatic hydroxyl groups is 1. The standard InChI is InChI=1S/C19H21I2NO5/c1-2-3-8-26-22-17(19(24)25)11-12-9-15(20)18(16(21)10-12)27-14-6-4-13(23)5-7-14/h4-7,9-10,17,22-23H,2-3,8,11H2,1H3,(H,24,25)/t17-/m0/s1. The van der Waals surface area contributed by atoms with E-state index in [0.717, 1.165) is 25.5 Å². The fraction of sp³-hybridized carbons (Fsp3) is 0.316. The Morgan fingerprint density at radius 1 is 1.19 bits per heavy atom. The first-order chi connectivity index (χ1) is 12.9. The number of carboxylic acids is 1. The molecule has 0 aliphatic carbocycles. The molecule has 0 aromatic heterocycles. The summed E-state index contributed by atoms with van der Waals surface area (Å²) in [6, 6.07) is 9.48. The van der Waals surface area contributed by atoms with Gasteiger partial charge in [-0.15, -0.1) is 0 Å². The highest BCUT2D eigenvalue weighted by molar-refractivity contribution is 14.1. The molecule has 2 aromatic rings. The largest absolute Gasteiger partial charge is 0.508 e. The Bertz CT molecular complexity index is 744. The third-order valence-electron chi connectivity index (χ3n) is 3.68. The number of carbonyl (C=O) groups is 1. The fourth-order valence-corrected chi connectivity index (χ4v) is 4.37. The Morgan fingerprint density at radius 2 is 1.81 bits per heavy atom. The van der Waals surface area contributed by atoms with Gasteiger partial charge in [-0.25, -0.2) is 0 Å². The van der Waals surface area contributed by atoms with E-state index >= 15 is 0 Å². The molecule has 0 aliphatic heterocycles. The Balaban J connectivity index is 2.09. The molecule has 1 atom stereocenters. The van der Waals surface area contributed by atoms with E-state index in [1.54, 1.807) is 24.3 Å². The predicted molar refractivity (Wildman–Crippen MR) is 119 cm³/mol. The van der Waals surface area contributed by atoms with E-state index in [1.165, 1.54) is 0 Å². The van der Waals surface area contributed by atoms with Crippen molar-refractivity contribution in [1.29, 1.82) is 0 Å². The van der Waals surface area contributed by atoms with Crippen molar-refractivity contribution in [2.24, 2.45) is 0 Å². The zero-order chi connectivity index (χ0) is 19.8. The van der Waals surface area contributed by atoms with Gasteiger partial charge in [0.15, 0.2) is 5.75 Å². The van der Waals surface area contributed by atoms with Crippen LogP contribution in [0.3, 0.4) is 0 Å². The smallest absolute Gasteiger partial charge is 0.323 e. The highest BCUT2D eigenvalue weighted by Crippen LogP contribution is 2.33. The third-order valence-corrected chi connectivity index (χ3v) is 5.28. The molecule has 0 bridgehead atoms. The summed E-state index contributed by atoms with van der Waals surface area (Å²) in [4.78, 5) is 16.7. The number of halogens is 2. The molecule has 0 spiro atoms. The van der Waals surface area contributed by atoms with E-state index < -0.39 is 12.0 Å². The number of hydrogen-bond donors (Lipinski definition) is 3. The van der Waals surface area contributed by atoms with Crippen LogP contribution in [-0.4, -0.2) is 28.8 Å². The van der Waals surface area contributed by atoms with Gasteiger partial charge in [0.05, 0.1) is 13.7 Å². The number of carboxylic acid groups (broad SMARTS) is 1. The number of phenolic OH excluding ortho intramolecular Hbond substituents is 1. The quantitative estimate of drug-likeness (QED) is 0.209. The van der Waals surface area contributed by atoms with Crippen molar-refractivity contribution >= 4 is 51.2 Å². The van der Waals surface area contributed by atoms with Crippen molar-refractivity contribution in [2.45, 2.75) is 32.2 Å². The molecule has 0 amide bonds. The molecule has 0 saturated carbocycles. The lowest BCUT2D eigenvalue weighted by Gasteiger charge is -2.16. The van der Waals surface area contributed by atoms with E-state index in [1.807, 2.05) is 19.1 Å². The average molecular weight is 597 g/mol. The zero-order valence-corrected chi connectivity index (χ0v) is 19.1. The number of hydrogen-bond acceptors (Lipinski definition) is 5. The summed E-state index contributed by atoms with van der Waals surface area (Å²) < 4.78 is 7.66. The minimum atomic E-state index is -0.957. The van der Waals surface area contributed by atoms with E-state index in [9.17, 15) is 15.0 Å². The lowest BCUT2D eigenvalue weighted by Crippen LogP contribution is -2.38. The van der Waals surface area contributed by atoms with Crippen LogP contribution in [0.25, 0.3) is 0 Å². The summed E-state index contributed by atoms with van der Waals surface area (Å²) in [7, 11) is 0. The molecule has 146 valence electrons. The van der Waals surface area contributed by atoms with Gasteiger partial charge in [-0.3, -0.25) is 4.79 Å². The van der Waals surface area contributed by atoms with Crippen LogP contribution < -0.4 is 10.2 Å². The Hall–Kier alpha value is -1.11.